The van der Waals surface area contributed by atoms with Crippen LogP contribution in [0.15, 0.2) is 51.1 Å². The monoisotopic (exact) mass is 381 g/mol. The number of benzene rings is 2. The molecule has 3 aromatic rings. The van der Waals surface area contributed by atoms with Crippen LogP contribution in [0.5, 0.6) is 11.5 Å². The third kappa shape index (κ3) is 2.70. The van der Waals surface area contributed by atoms with Gasteiger partial charge in [-0.3, -0.25) is 4.79 Å². The zero-order valence-electron chi connectivity index (χ0n) is 13.7. The number of fused-ring (bicyclic) bond motifs is 1. The van der Waals surface area contributed by atoms with E-state index in [4.69, 9.17) is 9.47 Å². The standard InChI is InChI=1S/C17H13F2NO5S/c1-24-12-5-6-13(25-2)16-15(12)17(21)14(8-20-16)26(22,23)9-3-4-10(18)11(19)7-9/h3-8H,1-2H3,(H,20,21). The Morgan fingerprint density at radius 3 is 2.23 bits per heavy atom. The molecule has 3 rings (SSSR count). The number of pyridine rings is 1. The van der Waals surface area contributed by atoms with Gasteiger partial charge in [0.2, 0.25) is 15.3 Å². The van der Waals surface area contributed by atoms with Crippen LogP contribution in [0.4, 0.5) is 8.78 Å². The second kappa shape index (κ2) is 6.41. The number of H-pyrrole nitrogens is 1. The molecule has 1 N–H and O–H groups in total. The molecule has 0 atom stereocenters. The summed E-state index contributed by atoms with van der Waals surface area (Å²) in [5.41, 5.74) is -0.597. The van der Waals surface area contributed by atoms with Gasteiger partial charge < -0.3 is 14.5 Å². The normalized spacial score (nSPS) is 11.5. The minimum atomic E-state index is -4.39. The fourth-order valence-electron chi connectivity index (χ4n) is 2.57. The Morgan fingerprint density at radius 1 is 0.962 bits per heavy atom. The molecule has 1 heterocycles. The van der Waals surface area contributed by atoms with Crippen LogP contribution in [0.2, 0.25) is 0 Å². The molecule has 0 saturated heterocycles. The van der Waals surface area contributed by atoms with Gasteiger partial charge in [-0.2, -0.15) is 0 Å². The lowest BCUT2D eigenvalue weighted by Crippen LogP contribution is -2.17. The summed E-state index contributed by atoms with van der Waals surface area (Å²) < 4.78 is 62.3. The van der Waals surface area contributed by atoms with E-state index < -0.39 is 36.7 Å². The van der Waals surface area contributed by atoms with Crippen molar-refractivity contribution in [3.05, 3.63) is 58.4 Å². The molecule has 1 aromatic heterocycles. The zero-order valence-corrected chi connectivity index (χ0v) is 14.5. The van der Waals surface area contributed by atoms with Crippen molar-refractivity contribution in [2.24, 2.45) is 0 Å². The maximum Gasteiger partial charge on any atom is 0.212 e. The third-order valence-electron chi connectivity index (χ3n) is 3.86. The summed E-state index contributed by atoms with van der Waals surface area (Å²) in [5, 5.41) is -0.0319. The lowest BCUT2D eigenvalue weighted by atomic mass is 10.2. The van der Waals surface area contributed by atoms with Crippen LogP contribution in [0.25, 0.3) is 10.9 Å². The Balaban J connectivity index is 2.34. The largest absolute Gasteiger partial charge is 0.496 e. The molecule has 0 aliphatic rings. The van der Waals surface area contributed by atoms with Crippen LogP contribution in [-0.4, -0.2) is 27.6 Å². The Hall–Kier alpha value is -2.94. The molecule has 0 unspecified atom stereocenters. The number of ether oxygens (including phenoxy) is 2. The van der Waals surface area contributed by atoms with Gasteiger partial charge >= 0.3 is 0 Å². The molecule has 2 aromatic carbocycles. The number of nitrogens with one attached hydrogen (secondary N) is 1. The van der Waals surface area contributed by atoms with Crippen LogP contribution in [0, 0.1) is 11.6 Å². The predicted molar refractivity (Wildman–Crippen MR) is 89.5 cm³/mol. The smallest absolute Gasteiger partial charge is 0.212 e. The number of halogens is 2. The van der Waals surface area contributed by atoms with Gasteiger partial charge in [-0.25, -0.2) is 17.2 Å². The van der Waals surface area contributed by atoms with E-state index in [1.54, 1.807) is 6.07 Å². The lowest BCUT2D eigenvalue weighted by Gasteiger charge is -2.11. The van der Waals surface area contributed by atoms with Crippen LogP contribution in [0.1, 0.15) is 0 Å². The molecule has 0 radical (unpaired) electrons. The fourth-order valence-corrected chi connectivity index (χ4v) is 3.89. The predicted octanol–water partition coefficient (Wildman–Crippen LogP) is 2.66. The van der Waals surface area contributed by atoms with Gasteiger partial charge in [0.05, 0.1) is 30.0 Å². The molecule has 0 amide bonds. The van der Waals surface area contributed by atoms with Gasteiger partial charge in [-0.15, -0.1) is 0 Å². The van der Waals surface area contributed by atoms with Crippen molar-refractivity contribution in [1.82, 2.24) is 4.98 Å². The van der Waals surface area contributed by atoms with E-state index in [1.807, 2.05) is 0 Å². The summed E-state index contributed by atoms with van der Waals surface area (Å²) in [4.78, 5) is 14.4. The highest BCUT2D eigenvalue weighted by molar-refractivity contribution is 7.91. The van der Waals surface area contributed by atoms with Gasteiger partial charge in [0.25, 0.3) is 0 Å². The van der Waals surface area contributed by atoms with Gasteiger partial charge in [0.15, 0.2) is 11.6 Å². The molecule has 0 bridgehead atoms. The van der Waals surface area contributed by atoms with Crippen LogP contribution >= 0.6 is 0 Å². The molecule has 26 heavy (non-hydrogen) atoms. The van der Waals surface area contributed by atoms with Crippen molar-refractivity contribution in [3.8, 4) is 11.5 Å². The molecule has 0 spiro atoms. The Morgan fingerprint density at radius 2 is 1.62 bits per heavy atom. The average molecular weight is 381 g/mol. The number of rotatable bonds is 4. The maximum absolute atomic E-state index is 13.4. The van der Waals surface area contributed by atoms with E-state index >= 15 is 0 Å². The van der Waals surface area contributed by atoms with Crippen LogP contribution in [-0.2, 0) is 9.84 Å². The number of sulfone groups is 1. The van der Waals surface area contributed by atoms with Crippen molar-refractivity contribution in [1.29, 1.82) is 0 Å². The Bertz CT molecular complexity index is 1170. The van der Waals surface area contributed by atoms with Gasteiger partial charge in [-0.05, 0) is 30.3 Å². The van der Waals surface area contributed by atoms with Crippen LogP contribution < -0.4 is 14.9 Å². The van der Waals surface area contributed by atoms with Crippen molar-refractivity contribution >= 4 is 20.7 Å². The second-order valence-electron chi connectivity index (χ2n) is 5.28. The summed E-state index contributed by atoms with van der Waals surface area (Å²) in [6, 6.07) is 5.11. The molecular formula is C17H13F2NO5S. The minimum absolute atomic E-state index is 0.0319. The Labute approximate surface area is 146 Å². The summed E-state index contributed by atoms with van der Waals surface area (Å²) in [5.74, 6) is -2.07. The minimum Gasteiger partial charge on any atom is -0.496 e. The first-order chi connectivity index (χ1) is 12.3. The van der Waals surface area contributed by atoms with E-state index in [0.29, 0.717) is 17.9 Å². The summed E-state index contributed by atoms with van der Waals surface area (Å²) in [6.07, 6.45) is 0.989. The topological polar surface area (TPSA) is 85.5 Å². The molecule has 6 nitrogen and oxygen atoms in total. The van der Waals surface area contributed by atoms with Crippen molar-refractivity contribution < 1.29 is 26.7 Å². The number of hydrogen-bond acceptors (Lipinski definition) is 5. The van der Waals surface area contributed by atoms with Gasteiger partial charge in [-0.1, -0.05) is 0 Å². The molecule has 0 aliphatic heterocycles. The van der Waals surface area contributed by atoms with Crippen molar-refractivity contribution in [3.63, 3.8) is 0 Å². The van der Waals surface area contributed by atoms with E-state index in [1.165, 1.54) is 20.3 Å². The quantitative estimate of drug-likeness (QED) is 0.703. The van der Waals surface area contributed by atoms with Crippen molar-refractivity contribution in [2.45, 2.75) is 9.79 Å². The average Bonchev–Trinajstić information content (AvgIpc) is 2.63. The van der Waals surface area contributed by atoms with Gasteiger partial charge in [0, 0.05) is 6.20 Å². The van der Waals surface area contributed by atoms with Gasteiger partial charge in [0.1, 0.15) is 16.4 Å². The molecule has 0 saturated carbocycles. The first-order valence-corrected chi connectivity index (χ1v) is 8.76. The van der Waals surface area contributed by atoms with E-state index in [-0.39, 0.29) is 16.7 Å². The summed E-state index contributed by atoms with van der Waals surface area (Å²) in [7, 11) is -1.67. The highest BCUT2D eigenvalue weighted by atomic mass is 32.2. The number of hydrogen-bond donors (Lipinski definition) is 1. The first-order valence-electron chi connectivity index (χ1n) is 7.27. The highest BCUT2D eigenvalue weighted by Gasteiger charge is 2.25. The van der Waals surface area contributed by atoms with E-state index in [2.05, 4.69) is 4.98 Å². The van der Waals surface area contributed by atoms with Crippen molar-refractivity contribution in [2.75, 3.05) is 14.2 Å². The SMILES string of the molecule is COc1ccc(OC)c2c(=O)c(S(=O)(=O)c3ccc(F)c(F)c3)c[nH]c12. The lowest BCUT2D eigenvalue weighted by molar-refractivity contribution is 0.409. The molecular weight excluding hydrogens is 368 g/mol. The number of methoxy groups -OCH3 is 2. The Kier molecular flexibility index (Phi) is 4.41. The second-order valence-corrected chi connectivity index (χ2v) is 7.20. The molecule has 9 heteroatoms. The fraction of sp³-hybridized carbons (Fsp3) is 0.118. The molecule has 136 valence electrons. The number of aromatic amines is 1. The molecule has 0 aliphatic carbocycles. The summed E-state index contributed by atoms with van der Waals surface area (Å²) in [6.45, 7) is 0. The van der Waals surface area contributed by atoms with E-state index in [9.17, 15) is 22.0 Å². The first kappa shape index (κ1) is 17.9. The third-order valence-corrected chi connectivity index (χ3v) is 5.61. The van der Waals surface area contributed by atoms with Crippen LogP contribution in [0.3, 0.4) is 0 Å². The number of aromatic nitrogens is 1. The zero-order chi connectivity index (χ0) is 19.1. The highest BCUT2D eigenvalue weighted by Crippen LogP contribution is 2.31. The summed E-state index contributed by atoms with van der Waals surface area (Å²) >= 11 is 0. The maximum atomic E-state index is 13.4. The molecule has 0 fully saturated rings. The van der Waals surface area contributed by atoms with E-state index in [0.717, 1.165) is 12.3 Å².